The fourth-order valence-corrected chi connectivity index (χ4v) is 5.00. The second kappa shape index (κ2) is 9.31. The molecule has 0 spiro atoms. The Kier molecular flexibility index (Phi) is 6.21. The summed E-state index contributed by atoms with van der Waals surface area (Å²) in [4.78, 5) is 19.7. The highest BCUT2D eigenvalue weighted by molar-refractivity contribution is 6.01. The molecule has 0 bridgehead atoms. The van der Waals surface area contributed by atoms with E-state index in [1.54, 1.807) is 19.1 Å². The Morgan fingerprint density at radius 1 is 1.23 bits per heavy atom. The zero-order valence-electron chi connectivity index (χ0n) is 20.3. The number of benzene rings is 2. The molecule has 8 nitrogen and oxygen atoms in total. The van der Waals surface area contributed by atoms with Gasteiger partial charge < -0.3 is 29.2 Å². The van der Waals surface area contributed by atoms with Crippen LogP contribution >= 0.6 is 0 Å². The molecule has 2 aromatic heterocycles. The first-order chi connectivity index (χ1) is 17.0. The molecule has 1 aliphatic rings. The summed E-state index contributed by atoms with van der Waals surface area (Å²) in [6, 6.07) is 11.3. The minimum atomic E-state index is -0.670. The molecule has 2 aromatic carbocycles. The van der Waals surface area contributed by atoms with Crippen molar-refractivity contribution in [2.45, 2.75) is 19.0 Å². The van der Waals surface area contributed by atoms with Crippen molar-refractivity contribution in [3.63, 3.8) is 0 Å². The van der Waals surface area contributed by atoms with E-state index < -0.39 is 12.7 Å². The number of ether oxygens (including phenoxy) is 2. The van der Waals surface area contributed by atoms with Crippen molar-refractivity contribution < 1.29 is 18.7 Å². The highest BCUT2D eigenvalue weighted by Gasteiger charge is 2.28. The number of aryl methyl sites for hydroxylation is 1. The molecule has 1 unspecified atom stereocenters. The van der Waals surface area contributed by atoms with E-state index in [2.05, 4.69) is 21.3 Å². The highest BCUT2D eigenvalue weighted by Crippen LogP contribution is 2.35. The Morgan fingerprint density at radius 2 is 2.06 bits per heavy atom. The molecule has 9 heteroatoms. The lowest BCUT2D eigenvalue weighted by atomic mass is 9.97. The van der Waals surface area contributed by atoms with Gasteiger partial charge in [0.15, 0.2) is 5.82 Å². The summed E-state index contributed by atoms with van der Waals surface area (Å²) in [5.41, 5.74) is 11.0. The summed E-state index contributed by atoms with van der Waals surface area (Å²) in [5, 5.41) is 1.05. The number of imidazole rings is 1. The van der Waals surface area contributed by atoms with Gasteiger partial charge in [-0.1, -0.05) is 12.1 Å². The molecule has 0 saturated heterocycles. The number of nitrogens with two attached hydrogens (primary N) is 1. The fraction of sp³-hybridized carbons (Fsp3) is 0.385. The summed E-state index contributed by atoms with van der Waals surface area (Å²) < 4.78 is 28.2. The lowest BCUT2D eigenvalue weighted by molar-refractivity contribution is 0.0725. The van der Waals surface area contributed by atoms with Gasteiger partial charge in [0.05, 0.1) is 42.0 Å². The third-order valence-corrected chi connectivity index (χ3v) is 6.78. The van der Waals surface area contributed by atoms with Crippen molar-refractivity contribution in [2.75, 3.05) is 40.6 Å². The van der Waals surface area contributed by atoms with E-state index in [4.69, 9.17) is 20.2 Å². The maximum atomic E-state index is 13.1. The molecule has 4 aromatic rings. The van der Waals surface area contributed by atoms with Crippen LogP contribution < -0.4 is 10.5 Å². The van der Waals surface area contributed by atoms with Gasteiger partial charge in [0.1, 0.15) is 12.4 Å². The van der Waals surface area contributed by atoms with E-state index >= 15 is 0 Å². The van der Waals surface area contributed by atoms with Crippen molar-refractivity contribution in [3.05, 3.63) is 47.5 Å². The predicted octanol–water partition coefficient (Wildman–Crippen LogP) is 3.15. The van der Waals surface area contributed by atoms with Gasteiger partial charge in [-0.25, -0.2) is 9.37 Å². The van der Waals surface area contributed by atoms with Crippen LogP contribution in [0.3, 0.4) is 0 Å². The van der Waals surface area contributed by atoms with E-state index in [0.717, 1.165) is 44.8 Å². The van der Waals surface area contributed by atoms with Crippen LogP contribution in [0.2, 0.25) is 0 Å². The van der Waals surface area contributed by atoms with Crippen LogP contribution in [0.25, 0.3) is 33.5 Å². The van der Waals surface area contributed by atoms with Crippen molar-refractivity contribution in [3.8, 4) is 17.3 Å². The maximum absolute atomic E-state index is 13.1. The number of methoxy groups -OCH3 is 2. The van der Waals surface area contributed by atoms with Crippen molar-refractivity contribution in [2.24, 2.45) is 12.8 Å². The number of para-hydroxylation sites is 1. The molecule has 35 heavy (non-hydrogen) atoms. The van der Waals surface area contributed by atoms with Gasteiger partial charge in [0.2, 0.25) is 0 Å². The van der Waals surface area contributed by atoms with Crippen LogP contribution in [0.4, 0.5) is 4.39 Å². The Labute approximate surface area is 203 Å². The average Bonchev–Trinajstić information content (AvgIpc) is 3.40. The lowest BCUT2D eigenvalue weighted by Gasteiger charge is -2.30. The van der Waals surface area contributed by atoms with Gasteiger partial charge >= 0.3 is 0 Å². The van der Waals surface area contributed by atoms with Crippen molar-refractivity contribution in [1.29, 1.82) is 0 Å². The number of nitrogens with zero attached hydrogens (tertiary/aromatic N) is 4. The van der Waals surface area contributed by atoms with Crippen molar-refractivity contribution >= 4 is 27.8 Å². The number of halogens is 1. The number of alkyl halides is 1. The second-order valence-electron chi connectivity index (χ2n) is 8.98. The van der Waals surface area contributed by atoms with E-state index in [0.29, 0.717) is 31.7 Å². The number of rotatable bonds is 8. The number of fused-ring (bicyclic) bond motifs is 3. The molecule has 1 atom stereocenters. The Balaban J connectivity index is 1.63. The highest BCUT2D eigenvalue weighted by atomic mass is 19.1. The zero-order valence-corrected chi connectivity index (χ0v) is 20.3. The molecule has 3 heterocycles. The molecule has 0 fully saturated rings. The Hall–Kier alpha value is -3.43. The van der Waals surface area contributed by atoms with Crippen LogP contribution in [0.15, 0.2) is 36.4 Å². The van der Waals surface area contributed by atoms with E-state index in [9.17, 15) is 9.18 Å². The molecule has 0 aliphatic carbocycles. The monoisotopic (exact) mass is 479 g/mol. The first kappa shape index (κ1) is 23.3. The molecule has 5 rings (SSSR count). The van der Waals surface area contributed by atoms with Crippen LogP contribution in [0.1, 0.15) is 15.9 Å². The third-order valence-electron chi connectivity index (χ3n) is 6.78. The summed E-state index contributed by atoms with van der Waals surface area (Å²) >= 11 is 0. The molecular formula is C26H30FN5O3. The number of carbonyl (C=O) groups excluding carboxylic acids is 1. The smallest absolute Gasteiger partial charge is 0.254 e. The third kappa shape index (κ3) is 3.94. The van der Waals surface area contributed by atoms with Gasteiger partial charge in [0, 0.05) is 44.7 Å². The molecule has 0 saturated carbocycles. The van der Waals surface area contributed by atoms with Gasteiger partial charge in [0.25, 0.3) is 5.91 Å². The number of hydrogen-bond acceptors (Lipinski definition) is 5. The summed E-state index contributed by atoms with van der Waals surface area (Å²) in [6.07, 6.45) is 0.696. The number of aromatic nitrogens is 3. The number of carbonyl (C=O) groups is 1. The Bertz CT molecular complexity index is 1410. The van der Waals surface area contributed by atoms with Gasteiger partial charge in [-0.05, 0) is 36.2 Å². The summed E-state index contributed by atoms with van der Waals surface area (Å²) in [7, 11) is 5.34. The van der Waals surface area contributed by atoms with E-state index in [1.807, 2.05) is 31.3 Å². The van der Waals surface area contributed by atoms with Gasteiger partial charge in [-0.3, -0.25) is 4.79 Å². The van der Waals surface area contributed by atoms with Crippen LogP contribution in [-0.4, -0.2) is 71.6 Å². The Morgan fingerprint density at radius 3 is 2.80 bits per heavy atom. The van der Waals surface area contributed by atoms with Gasteiger partial charge in [-0.15, -0.1) is 0 Å². The zero-order chi connectivity index (χ0) is 24.7. The van der Waals surface area contributed by atoms with Crippen molar-refractivity contribution in [1.82, 2.24) is 19.0 Å². The first-order valence-corrected chi connectivity index (χ1v) is 11.7. The number of hydrogen-bond donors (Lipinski definition) is 1. The average molecular weight is 480 g/mol. The molecular weight excluding hydrogens is 449 g/mol. The second-order valence-corrected chi connectivity index (χ2v) is 8.98. The standard InChI is InChI=1S/C26H30FN5O3/c1-30-21-11-16-7-8-31(15-18(28)14-27)26(33)19(16)13-20(21)29-25(30)22-12-17-5-4-6-23(35-3)24(17)32(22)9-10-34-2/h4-6,11-13,18H,7-10,14-15,28H2,1-3H3. The minimum absolute atomic E-state index is 0.122. The SMILES string of the molecule is COCCn1c(-c2nc3cc4c(cc3n2C)CCN(CC(N)CF)C4=O)cc2cccc(OC)c21. The fourth-order valence-electron chi connectivity index (χ4n) is 5.00. The minimum Gasteiger partial charge on any atom is -0.495 e. The normalized spacial score (nSPS) is 14.7. The van der Waals surface area contributed by atoms with E-state index in [1.165, 1.54) is 0 Å². The molecule has 184 valence electrons. The van der Waals surface area contributed by atoms with Crippen LogP contribution in [0, 0.1) is 0 Å². The quantitative estimate of drug-likeness (QED) is 0.420. The first-order valence-electron chi connectivity index (χ1n) is 11.7. The lowest BCUT2D eigenvalue weighted by Crippen LogP contribution is -2.45. The maximum Gasteiger partial charge on any atom is 0.254 e. The summed E-state index contributed by atoms with van der Waals surface area (Å²) in [6.45, 7) is 1.26. The molecule has 1 aliphatic heterocycles. The molecule has 0 radical (unpaired) electrons. The van der Waals surface area contributed by atoms with E-state index in [-0.39, 0.29) is 12.5 Å². The molecule has 2 N–H and O–H groups in total. The van der Waals surface area contributed by atoms with Gasteiger partial charge in [-0.2, -0.15) is 0 Å². The number of amides is 1. The summed E-state index contributed by atoms with van der Waals surface area (Å²) in [5.74, 6) is 1.46. The predicted molar refractivity (Wildman–Crippen MR) is 134 cm³/mol. The largest absolute Gasteiger partial charge is 0.495 e. The topological polar surface area (TPSA) is 87.5 Å². The van der Waals surface area contributed by atoms with Crippen LogP contribution in [-0.2, 0) is 24.8 Å². The molecule has 1 amide bonds. The van der Waals surface area contributed by atoms with Crippen LogP contribution in [0.5, 0.6) is 5.75 Å².